The van der Waals surface area contributed by atoms with Crippen LogP contribution in [0.4, 0.5) is 0 Å². The number of nitrogens with one attached hydrogen (secondary N) is 1. The van der Waals surface area contributed by atoms with Crippen molar-refractivity contribution in [3.63, 3.8) is 0 Å². The standard InChI is InChI=1S/C17H21NOS/c1-18-17(16-10-15(19-2)11-20-16)14-8-6-13(7-9-14)12-4-3-5-12/h6-12,17-18H,3-5H2,1-2H3. The van der Waals surface area contributed by atoms with Crippen molar-refractivity contribution >= 4 is 11.3 Å². The van der Waals surface area contributed by atoms with Crippen molar-refractivity contribution in [3.05, 3.63) is 51.7 Å². The lowest BCUT2D eigenvalue weighted by molar-refractivity contribution is 0.416. The molecule has 106 valence electrons. The van der Waals surface area contributed by atoms with Gasteiger partial charge in [0.05, 0.1) is 13.2 Å². The van der Waals surface area contributed by atoms with Gasteiger partial charge < -0.3 is 10.1 Å². The number of ether oxygens (including phenoxy) is 1. The Morgan fingerprint density at radius 2 is 2.00 bits per heavy atom. The highest BCUT2D eigenvalue weighted by atomic mass is 32.1. The zero-order valence-corrected chi connectivity index (χ0v) is 12.9. The van der Waals surface area contributed by atoms with Crippen LogP contribution in [-0.2, 0) is 0 Å². The summed E-state index contributed by atoms with van der Waals surface area (Å²) in [5.74, 6) is 1.75. The van der Waals surface area contributed by atoms with E-state index < -0.39 is 0 Å². The third-order valence-electron chi connectivity index (χ3n) is 4.25. The van der Waals surface area contributed by atoms with Crippen LogP contribution < -0.4 is 10.1 Å². The molecule has 2 aromatic rings. The van der Waals surface area contributed by atoms with E-state index in [0.717, 1.165) is 11.7 Å². The van der Waals surface area contributed by atoms with Crippen molar-refractivity contribution in [1.29, 1.82) is 0 Å². The van der Waals surface area contributed by atoms with E-state index in [0.29, 0.717) is 0 Å². The Hall–Kier alpha value is -1.32. The van der Waals surface area contributed by atoms with Crippen molar-refractivity contribution < 1.29 is 4.74 Å². The summed E-state index contributed by atoms with van der Waals surface area (Å²) in [5.41, 5.74) is 2.82. The molecule has 20 heavy (non-hydrogen) atoms. The largest absolute Gasteiger partial charge is 0.496 e. The Balaban J connectivity index is 1.81. The summed E-state index contributed by atoms with van der Waals surface area (Å²) in [5, 5.41) is 5.46. The number of methoxy groups -OCH3 is 1. The smallest absolute Gasteiger partial charge is 0.129 e. The summed E-state index contributed by atoms with van der Waals surface area (Å²) < 4.78 is 5.28. The lowest BCUT2D eigenvalue weighted by Gasteiger charge is -2.26. The van der Waals surface area contributed by atoms with Crippen molar-refractivity contribution in [2.24, 2.45) is 0 Å². The van der Waals surface area contributed by atoms with Gasteiger partial charge >= 0.3 is 0 Å². The second-order valence-electron chi connectivity index (χ2n) is 5.41. The molecule has 0 aliphatic heterocycles. The quantitative estimate of drug-likeness (QED) is 0.883. The molecule has 1 saturated carbocycles. The second kappa shape index (κ2) is 5.98. The lowest BCUT2D eigenvalue weighted by atomic mass is 9.80. The zero-order chi connectivity index (χ0) is 13.9. The zero-order valence-electron chi connectivity index (χ0n) is 12.1. The van der Waals surface area contributed by atoms with Crippen molar-refractivity contribution in [3.8, 4) is 5.75 Å². The fourth-order valence-electron chi connectivity index (χ4n) is 2.77. The Labute approximate surface area is 124 Å². The summed E-state index contributed by atoms with van der Waals surface area (Å²) in [7, 11) is 3.73. The van der Waals surface area contributed by atoms with Gasteiger partial charge in [0.1, 0.15) is 5.75 Å². The molecule has 1 atom stereocenters. The molecule has 1 fully saturated rings. The average molecular weight is 287 g/mol. The molecule has 1 aromatic heterocycles. The molecular weight excluding hydrogens is 266 g/mol. The predicted molar refractivity (Wildman–Crippen MR) is 84.8 cm³/mol. The van der Waals surface area contributed by atoms with Crippen molar-refractivity contribution in [2.45, 2.75) is 31.2 Å². The maximum atomic E-state index is 5.28. The van der Waals surface area contributed by atoms with Gasteiger partial charge in [0.2, 0.25) is 0 Å². The van der Waals surface area contributed by atoms with E-state index in [9.17, 15) is 0 Å². The fraction of sp³-hybridized carbons (Fsp3) is 0.412. The van der Waals surface area contributed by atoms with E-state index in [1.807, 2.05) is 7.05 Å². The van der Waals surface area contributed by atoms with Crippen LogP contribution in [-0.4, -0.2) is 14.2 Å². The minimum absolute atomic E-state index is 0.249. The van der Waals surface area contributed by atoms with Crippen LogP contribution >= 0.6 is 11.3 Å². The number of hydrogen-bond acceptors (Lipinski definition) is 3. The maximum Gasteiger partial charge on any atom is 0.129 e. The number of thiophene rings is 1. The maximum absolute atomic E-state index is 5.28. The van der Waals surface area contributed by atoms with Gasteiger partial charge in [-0.05, 0) is 43.0 Å². The van der Waals surface area contributed by atoms with E-state index in [2.05, 4.69) is 41.0 Å². The molecule has 1 aliphatic rings. The van der Waals surface area contributed by atoms with E-state index in [-0.39, 0.29) is 6.04 Å². The fourth-order valence-corrected chi connectivity index (χ4v) is 3.76. The lowest BCUT2D eigenvalue weighted by Crippen LogP contribution is -2.16. The van der Waals surface area contributed by atoms with Crippen LogP contribution in [0, 0.1) is 0 Å². The number of benzene rings is 1. The van der Waals surface area contributed by atoms with E-state index >= 15 is 0 Å². The highest BCUT2D eigenvalue weighted by molar-refractivity contribution is 7.10. The summed E-state index contributed by atoms with van der Waals surface area (Å²) in [6, 6.07) is 11.5. The van der Waals surface area contributed by atoms with Gasteiger partial charge in [-0.3, -0.25) is 0 Å². The molecule has 0 bridgehead atoms. The molecule has 0 radical (unpaired) electrons. The predicted octanol–water partition coefficient (Wildman–Crippen LogP) is 4.33. The number of hydrogen-bond donors (Lipinski definition) is 1. The molecule has 0 amide bonds. The van der Waals surface area contributed by atoms with Gasteiger partial charge in [0.25, 0.3) is 0 Å². The van der Waals surface area contributed by atoms with Gasteiger partial charge in [-0.2, -0.15) is 0 Å². The van der Waals surface area contributed by atoms with E-state index in [4.69, 9.17) is 4.74 Å². The molecule has 3 heteroatoms. The van der Waals surface area contributed by atoms with Gasteiger partial charge in [-0.1, -0.05) is 30.7 Å². The molecule has 0 saturated heterocycles. The molecule has 1 heterocycles. The van der Waals surface area contributed by atoms with E-state index in [1.54, 1.807) is 18.4 Å². The second-order valence-corrected chi connectivity index (χ2v) is 6.35. The van der Waals surface area contributed by atoms with Crippen LogP contribution in [0.5, 0.6) is 5.75 Å². The highest BCUT2D eigenvalue weighted by Crippen LogP contribution is 2.37. The van der Waals surface area contributed by atoms with Crippen molar-refractivity contribution in [1.82, 2.24) is 5.32 Å². The molecule has 2 nitrogen and oxygen atoms in total. The highest BCUT2D eigenvalue weighted by Gasteiger charge is 2.20. The summed E-state index contributed by atoms with van der Waals surface area (Å²) in [6.07, 6.45) is 4.11. The van der Waals surface area contributed by atoms with Crippen LogP contribution in [0.2, 0.25) is 0 Å². The van der Waals surface area contributed by atoms with Gasteiger partial charge in [-0.15, -0.1) is 11.3 Å². The first-order valence-corrected chi connectivity index (χ1v) is 8.09. The minimum atomic E-state index is 0.249. The summed E-state index contributed by atoms with van der Waals surface area (Å²) in [6.45, 7) is 0. The average Bonchev–Trinajstić information content (AvgIpc) is 2.88. The van der Waals surface area contributed by atoms with Gasteiger partial charge in [-0.25, -0.2) is 0 Å². The molecule has 0 spiro atoms. The molecule has 3 rings (SSSR count). The first-order chi connectivity index (χ1) is 9.81. The van der Waals surface area contributed by atoms with Crippen LogP contribution in [0.25, 0.3) is 0 Å². The Kier molecular flexibility index (Phi) is 4.08. The molecular formula is C17H21NOS. The molecule has 1 aromatic carbocycles. The first-order valence-electron chi connectivity index (χ1n) is 7.21. The van der Waals surface area contributed by atoms with Crippen LogP contribution in [0.15, 0.2) is 35.7 Å². The monoisotopic (exact) mass is 287 g/mol. The molecule has 1 unspecified atom stereocenters. The first kappa shape index (κ1) is 13.7. The van der Waals surface area contributed by atoms with Crippen LogP contribution in [0.3, 0.4) is 0 Å². The van der Waals surface area contributed by atoms with Crippen LogP contribution in [0.1, 0.15) is 47.2 Å². The Morgan fingerprint density at radius 1 is 1.25 bits per heavy atom. The third kappa shape index (κ3) is 2.60. The Bertz CT molecular complexity index is 557. The SMILES string of the molecule is CNC(c1ccc(C2CCC2)cc1)c1cc(OC)cs1. The topological polar surface area (TPSA) is 21.3 Å². The number of rotatable bonds is 5. The Morgan fingerprint density at radius 3 is 2.50 bits per heavy atom. The van der Waals surface area contributed by atoms with Gasteiger partial charge in [0, 0.05) is 10.3 Å². The molecule has 1 aliphatic carbocycles. The summed E-state index contributed by atoms with van der Waals surface area (Å²) in [4.78, 5) is 1.29. The molecule has 1 N–H and O–H groups in total. The van der Waals surface area contributed by atoms with Crippen molar-refractivity contribution in [2.75, 3.05) is 14.2 Å². The normalized spacial score (nSPS) is 16.7. The van der Waals surface area contributed by atoms with Gasteiger partial charge in [0.15, 0.2) is 0 Å². The van der Waals surface area contributed by atoms with E-state index in [1.165, 1.54) is 35.3 Å². The minimum Gasteiger partial charge on any atom is -0.496 e. The summed E-state index contributed by atoms with van der Waals surface area (Å²) >= 11 is 1.74. The third-order valence-corrected chi connectivity index (χ3v) is 5.23.